The van der Waals surface area contributed by atoms with Crippen molar-refractivity contribution in [2.75, 3.05) is 7.05 Å². The second kappa shape index (κ2) is 6.51. The number of hydrogen-bond acceptors (Lipinski definition) is 2. The van der Waals surface area contributed by atoms with Gasteiger partial charge in [-0.15, -0.1) is 0 Å². The highest BCUT2D eigenvalue weighted by molar-refractivity contribution is 6.30. The average Bonchev–Trinajstić information content (AvgIpc) is 2.37. The van der Waals surface area contributed by atoms with Crippen LogP contribution in [0.25, 0.3) is 0 Å². The molecule has 0 amide bonds. The molecule has 2 aromatic carbocycles. The second-order valence-corrected chi connectivity index (χ2v) is 5.20. The highest BCUT2D eigenvalue weighted by atomic mass is 35.5. The maximum Gasteiger partial charge on any atom is 0.124 e. The first-order chi connectivity index (χ1) is 9.56. The molecule has 2 nitrogen and oxygen atoms in total. The second-order valence-electron chi connectivity index (χ2n) is 4.76. The molecule has 0 aromatic heterocycles. The molecule has 0 aliphatic heterocycles. The summed E-state index contributed by atoms with van der Waals surface area (Å²) in [5, 5.41) is 9.54. The molecular formula is C16H14ClFN2. The lowest BCUT2D eigenvalue weighted by molar-refractivity contribution is 0.318. The Morgan fingerprint density at radius 1 is 1.15 bits per heavy atom. The summed E-state index contributed by atoms with van der Waals surface area (Å²) in [6, 6.07) is 14.0. The van der Waals surface area contributed by atoms with Crippen LogP contribution in [0.3, 0.4) is 0 Å². The van der Waals surface area contributed by atoms with E-state index in [2.05, 4.69) is 0 Å². The molecule has 0 radical (unpaired) electrons. The topological polar surface area (TPSA) is 27.0 Å². The number of hydrogen-bond donors (Lipinski definition) is 0. The highest BCUT2D eigenvalue weighted by Gasteiger charge is 2.05. The van der Waals surface area contributed by atoms with Crippen molar-refractivity contribution in [2.24, 2.45) is 0 Å². The molecule has 0 spiro atoms. The van der Waals surface area contributed by atoms with E-state index in [0.717, 1.165) is 11.1 Å². The van der Waals surface area contributed by atoms with E-state index in [1.807, 2.05) is 42.3 Å². The molecule has 0 saturated heterocycles. The Hall–Kier alpha value is -1.89. The van der Waals surface area contributed by atoms with Crippen LogP contribution in [-0.2, 0) is 13.1 Å². The SMILES string of the molecule is CN(Cc1cccc(Cl)c1)Cc1cc(F)cc(C#N)c1. The smallest absolute Gasteiger partial charge is 0.124 e. The summed E-state index contributed by atoms with van der Waals surface area (Å²) in [5.74, 6) is -0.379. The Labute approximate surface area is 123 Å². The Morgan fingerprint density at radius 2 is 1.90 bits per heavy atom. The van der Waals surface area contributed by atoms with E-state index in [1.54, 1.807) is 6.07 Å². The zero-order valence-corrected chi connectivity index (χ0v) is 11.9. The van der Waals surface area contributed by atoms with Gasteiger partial charge in [0.1, 0.15) is 5.82 Å². The number of benzene rings is 2. The molecule has 2 rings (SSSR count). The minimum Gasteiger partial charge on any atom is -0.298 e. The van der Waals surface area contributed by atoms with Gasteiger partial charge in [-0.1, -0.05) is 23.7 Å². The van der Waals surface area contributed by atoms with E-state index >= 15 is 0 Å². The molecule has 20 heavy (non-hydrogen) atoms. The lowest BCUT2D eigenvalue weighted by Crippen LogP contribution is -2.17. The number of rotatable bonds is 4. The van der Waals surface area contributed by atoms with Crippen molar-refractivity contribution in [1.82, 2.24) is 4.90 Å². The van der Waals surface area contributed by atoms with Gasteiger partial charge in [-0.2, -0.15) is 5.26 Å². The first-order valence-corrected chi connectivity index (χ1v) is 6.57. The molecule has 0 aliphatic rings. The summed E-state index contributed by atoms with van der Waals surface area (Å²) in [7, 11) is 1.94. The first kappa shape index (κ1) is 14.5. The van der Waals surface area contributed by atoms with E-state index in [4.69, 9.17) is 16.9 Å². The van der Waals surface area contributed by atoms with Crippen LogP contribution in [0.15, 0.2) is 42.5 Å². The van der Waals surface area contributed by atoms with Crippen molar-refractivity contribution in [3.8, 4) is 6.07 Å². The lowest BCUT2D eigenvalue weighted by atomic mass is 10.1. The van der Waals surface area contributed by atoms with Gasteiger partial charge in [0.15, 0.2) is 0 Å². The van der Waals surface area contributed by atoms with E-state index < -0.39 is 0 Å². The Bertz CT molecular complexity index is 649. The van der Waals surface area contributed by atoms with Crippen molar-refractivity contribution >= 4 is 11.6 Å². The molecule has 0 N–H and O–H groups in total. The third-order valence-corrected chi connectivity index (χ3v) is 3.12. The van der Waals surface area contributed by atoms with Gasteiger partial charge < -0.3 is 0 Å². The van der Waals surface area contributed by atoms with E-state index in [1.165, 1.54) is 12.1 Å². The third-order valence-electron chi connectivity index (χ3n) is 2.88. The van der Waals surface area contributed by atoms with Gasteiger partial charge in [0.05, 0.1) is 11.6 Å². The number of nitriles is 1. The zero-order chi connectivity index (χ0) is 14.5. The Morgan fingerprint density at radius 3 is 2.60 bits per heavy atom. The molecule has 2 aromatic rings. The van der Waals surface area contributed by atoms with Crippen molar-refractivity contribution < 1.29 is 4.39 Å². The summed E-state index contributed by atoms with van der Waals surface area (Å²) in [5.41, 5.74) is 2.22. The zero-order valence-electron chi connectivity index (χ0n) is 11.1. The first-order valence-electron chi connectivity index (χ1n) is 6.19. The minimum absolute atomic E-state index is 0.344. The molecule has 0 unspecified atom stereocenters. The Kier molecular flexibility index (Phi) is 4.73. The van der Waals surface area contributed by atoms with Crippen molar-refractivity contribution in [3.05, 3.63) is 70.0 Å². The fourth-order valence-electron chi connectivity index (χ4n) is 2.12. The van der Waals surface area contributed by atoms with E-state index in [-0.39, 0.29) is 5.82 Å². The van der Waals surface area contributed by atoms with Crippen molar-refractivity contribution in [3.63, 3.8) is 0 Å². The van der Waals surface area contributed by atoms with Crippen LogP contribution in [-0.4, -0.2) is 11.9 Å². The Balaban J connectivity index is 2.06. The lowest BCUT2D eigenvalue weighted by Gasteiger charge is -2.17. The van der Waals surface area contributed by atoms with Gasteiger partial charge in [-0.05, 0) is 48.5 Å². The van der Waals surface area contributed by atoms with Crippen molar-refractivity contribution in [2.45, 2.75) is 13.1 Å². The van der Waals surface area contributed by atoms with E-state index in [9.17, 15) is 4.39 Å². The van der Waals surface area contributed by atoms with Crippen LogP contribution in [0.1, 0.15) is 16.7 Å². The summed E-state index contributed by atoms with van der Waals surface area (Å²) in [6.45, 7) is 1.28. The maximum absolute atomic E-state index is 13.4. The predicted molar refractivity (Wildman–Crippen MR) is 77.7 cm³/mol. The normalized spacial score (nSPS) is 10.6. The van der Waals surface area contributed by atoms with Gasteiger partial charge in [0.2, 0.25) is 0 Å². The molecule has 102 valence electrons. The fourth-order valence-corrected chi connectivity index (χ4v) is 2.33. The van der Waals surface area contributed by atoms with Crippen LogP contribution in [0.2, 0.25) is 5.02 Å². The molecule has 4 heteroatoms. The summed E-state index contributed by atoms with van der Waals surface area (Å²) in [4.78, 5) is 2.04. The van der Waals surface area contributed by atoms with Crippen molar-refractivity contribution in [1.29, 1.82) is 5.26 Å². The van der Waals surface area contributed by atoms with Crippen LogP contribution >= 0.6 is 11.6 Å². The van der Waals surface area contributed by atoms with Gasteiger partial charge >= 0.3 is 0 Å². The molecule has 0 aliphatic carbocycles. The summed E-state index contributed by atoms with van der Waals surface area (Å²) < 4.78 is 13.4. The minimum atomic E-state index is -0.379. The molecule has 0 fully saturated rings. The predicted octanol–water partition coefficient (Wildman–Crippen LogP) is 3.98. The van der Waals surface area contributed by atoms with Crippen LogP contribution in [0.5, 0.6) is 0 Å². The van der Waals surface area contributed by atoms with Crippen LogP contribution in [0.4, 0.5) is 4.39 Å². The van der Waals surface area contributed by atoms with Crippen LogP contribution in [0, 0.1) is 17.1 Å². The molecule has 0 bridgehead atoms. The van der Waals surface area contributed by atoms with Gasteiger partial charge in [0, 0.05) is 18.1 Å². The summed E-state index contributed by atoms with van der Waals surface area (Å²) in [6.07, 6.45) is 0. The monoisotopic (exact) mass is 288 g/mol. The largest absolute Gasteiger partial charge is 0.298 e. The van der Waals surface area contributed by atoms with E-state index in [0.29, 0.717) is 23.7 Å². The average molecular weight is 289 g/mol. The molecule has 0 heterocycles. The van der Waals surface area contributed by atoms with Gasteiger partial charge in [-0.3, -0.25) is 4.90 Å². The molecule has 0 saturated carbocycles. The number of halogens is 2. The quantitative estimate of drug-likeness (QED) is 0.851. The standard InChI is InChI=1S/C16H14ClFN2/c1-20(10-12-3-2-4-15(17)6-12)11-14-5-13(9-19)7-16(18)8-14/h2-8H,10-11H2,1H3. The summed E-state index contributed by atoms with van der Waals surface area (Å²) >= 11 is 5.94. The van der Waals surface area contributed by atoms with Gasteiger partial charge in [0.25, 0.3) is 0 Å². The fraction of sp³-hybridized carbons (Fsp3) is 0.188. The number of nitrogens with zero attached hydrogens (tertiary/aromatic N) is 2. The van der Waals surface area contributed by atoms with Crippen LogP contribution < -0.4 is 0 Å². The maximum atomic E-state index is 13.4. The third kappa shape index (κ3) is 4.06. The highest BCUT2D eigenvalue weighted by Crippen LogP contribution is 2.15. The molecular weight excluding hydrogens is 275 g/mol. The van der Waals surface area contributed by atoms with Gasteiger partial charge in [-0.25, -0.2) is 4.39 Å². The molecule has 0 atom stereocenters.